The van der Waals surface area contributed by atoms with Gasteiger partial charge in [-0.05, 0) is 39.0 Å². The molecule has 2 rings (SSSR count). The lowest BCUT2D eigenvalue weighted by molar-refractivity contribution is -0.0884. The quantitative estimate of drug-likeness (QED) is 0.917. The van der Waals surface area contributed by atoms with Gasteiger partial charge in [-0.2, -0.15) is 4.39 Å². The molecule has 19 heavy (non-hydrogen) atoms. The van der Waals surface area contributed by atoms with E-state index in [2.05, 4.69) is 16.9 Å². The maximum absolute atomic E-state index is 13.4. The summed E-state index contributed by atoms with van der Waals surface area (Å²) < 4.78 is 19.3. The standard InChI is InChI=1S/C14H21FN2O2/c1-4-19-14(7-5-6-9(2)8-14)13-16-10(3)11(15)12(18)17-13/h9H,4-8H2,1-3H3,(H,16,17,18). The van der Waals surface area contributed by atoms with Crippen molar-refractivity contribution in [2.24, 2.45) is 5.92 Å². The van der Waals surface area contributed by atoms with Gasteiger partial charge in [-0.3, -0.25) is 4.79 Å². The fraction of sp³-hybridized carbons (Fsp3) is 0.714. The molecule has 5 heteroatoms. The van der Waals surface area contributed by atoms with Crippen LogP contribution >= 0.6 is 0 Å². The van der Waals surface area contributed by atoms with Gasteiger partial charge in [0.05, 0.1) is 5.69 Å². The van der Waals surface area contributed by atoms with Gasteiger partial charge in [-0.1, -0.05) is 13.3 Å². The third-order valence-corrected chi connectivity index (χ3v) is 3.84. The van der Waals surface area contributed by atoms with Crippen molar-refractivity contribution in [3.63, 3.8) is 0 Å². The molecule has 1 aliphatic rings. The van der Waals surface area contributed by atoms with Gasteiger partial charge in [-0.15, -0.1) is 0 Å². The Labute approximate surface area is 112 Å². The Morgan fingerprint density at radius 1 is 1.58 bits per heavy atom. The van der Waals surface area contributed by atoms with Gasteiger partial charge in [0.2, 0.25) is 5.82 Å². The average Bonchev–Trinajstić information content (AvgIpc) is 2.35. The van der Waals surface area contributed by atoms with Crippen LogP contribution < -0.4 is 5.56 Å². The number of hydrogen-bond acceptors (Lipinski definition) is 3. The van der Waals surface area contributed by atoms with Gasteiger partial charge < -0.3 is 9.72 Å². The lowest BCUT2D eigenvalue weighted by Crippen LogP contribution is -2.39. The lowest BCUT2D eigenvalue weighted by atomic mass is 9.78. The molecular formula is C14H21FN2O2. The second-order valence-corrected chi connectivity index (χ2v) is 5.44. The average molecular weight is 268 g/mol. The third kappa shape index (κ3) is 2.71. The van der Waals surface area contributed by atoms with Crippen LogP contribution in [-0.4, -0.2) is 16.6 Å². The van der Waals surface area contributed by atoms with E-state index in [1.165, 1.54) is 6.92 Å². The minimum atomic E-state index is -0.806. The summed E-state index contributed by atoms with van der Waals surface area (Å²) >= 11 is 0. The van der Waals surface area contributed by atoms with Crippen LogP contribution in [0.3, 0.4) is 0 Å². The Bertz CT molecular complexity index is 511. The zero-order valence-corrected chi connectivity index (χ0v) is 11.8. The van der Waals surface area contributed by atoms with Crippen molar-refractivity contribution in [2.45, 2.75) is 52.1 Å². The highest BCUT2D eigenvalue weighted by Crippen LogP contribution is 2.41. The smallest absolute Gasteiger partial charge is 0.287 e. The third-order valence-electron chi connectivity index (χ3n) is 3.84. The zero-order chi connectivity index (χ0) is 14.0. The Kier molecular flexibility index (Phi) is 4.04. The van der Waals surface area contributed by atoms with Gasteiger partial charge in [0.15, 0.2) is 0 Å². The molecule has 0 aliphatic heterocycles. The van der Waals surface area contributed by atoms with E-state index in [1.54, 1.807) is 0 Å². The lowest BCUT2D eigenvalue weighted by Gasteiger charge is -2.38. The van der Waals surface area contributed by atoms with E-state index < -0.39 is 17.0 Å². The topological polar surface area (TPSA) is 55.0 Å². The van der Waals surface area contributed by atoms with Crippen molar-refractivity contribution in [1.82, 2.24) is 9.97 Å². The molecule has 0 bridgehead atoms. The SMILES string of the molecule is CCOC1(c2nc(C)c(F)c(=O)[nH]2)CCCC(C)C1. The molecule has 0 amide bonds. The predicted octanol–water partition coefficient (Wildman–Crippen LogP) is 2.66. The molecule has 1 heterocycles. The summed E-state index contributed by atoms with van der Waals surface area (Å²) in [5.74, 6) is 0.181. The Hall–Kier alpha value is -1.23. The maximum Gasteiger partial charge on any atom is 0.287 e. The number of aromatic amines is 1. The molecule has 1 N–H and O–H groups in total. The summed E-state index contributed by atoms with van der Waals surface area (Å²) in [6.07, 6.45) is 3.81. The molecule has 1 aromatic rings. The molecular weight excluding hydrogens is 247 g/mol. The van der Waals surface area contributed by atoms with E-state index in [1.807, 2.05) is 6.92 Å². The summed E-state index contributed by atoms with van der Waals surface area (Å²) in [5, 5.41) is 0. The van der Waals surface area contributed by atoms with E-state index in [0.717, 1.165) is 25.7 Å². The molecule has 0 radical (unpaired) electrons. The summed E-state index contributed by atoms with van der Waals surface area (Å²) in [4.78, 5) is 18.4. The number of halogens is 1. The number of aryl methyl sites for hydroxylation is 1. The van der Waals surface area contributed by atoms with Gasteiger partial charge in [-0.25, -0.2) is 4.98 Å². The number of ether oxygens (including phenoxy) is 1. The van der Waals surface area contributed by atoms with Crippen LogP contribution in [0.5, 0.6) is 0 Å². The molecule has 106 valence electrons. The highest BCUT2D eigenvalue weighted by atomic mass is 19.1. The highest BCUT2D eigenvalue weighted by molar-refractivity contribution is 5.11. The van der Waals surface area contributed by atoms with Gasteiger partial charge >= 0.3 is 0 Å². The van der Waals surface area contributed by atoms with Crippen LogP contribution in [0.2, 0.25) is 0 Å². The summed E-state index contributed by atoms with van der Waals surface area (Å²) in [7, 11) is 0. The first kappa shape index (κ1) is 14.2. The molecule has 0 saturated heterocycles. The number of rotatable bonds is 3. The van der Waals surface area contributed by atoms with Gasteiger partial charge in [0, 0.05) is 6.61 Å². The molecule has 2 atom stereocenters. The van der Waals surface area contributed by atoms with E-state index in [9.17, 15) is 9.18 Å². The van der Waals surface area contributed by atoms with E-state index in [4.69, 9.17) is 4.74 Å². The summed E-state index contributed by atoms with van der Waals surface area (Å²) in [6, 6.07) is 0. The monoisotopic (exact) mass is 268 g/mol. The first-order valence-corrected chi connectivity index (χ1v) is 6.89. The van der Waals surface area contributed by atoms with Crippen LogP contribution in [0, 0.1) is 18.7 Å². The van der Waals surface area contributed by atoms with Crippen LogP contribution in [0.4, 0.5) is 4.39 Å². The first-order valence-electron chi connectivity index (χ1n) is 6.89. The molecule has 1 fully saturated rings. The van der Waals surface area contributed by atoms with Crippen LogP contribution in [0.1, 0.15) is 51.0 Å². The number of aromatic nitrogens is 2. The van der Waals surface area contributed by atoms with Crippen LogP contribution in [-0.2, 0) is 10.3 Å². The number of nitrogens with one attached hydrogen (secondary N) is 1. The molecule has 0 aromatic carbocycles. The molecule has 1 aliphatic carbocycles. The molecule has 0 spiro atoms. The first-order chi connectivity index (χ1) is 8.98. The van der Waals surface area contributed by atoms with E-state index in [0.29, 0.717) is 18.3 Å². The van der Waals surface area contributed by atoms with Crippen molar-refractivity contribution < 1.29 is 9.13 Å². The number of nitrogens with zero attached hydrogens (tertiary/aromatic N) is 1. The number of H-pyrrole nitrogens is 1. The van der Waals surface area contributed by atoms with Crippen molar-refractivity contribution >= 4 is 0 Å². The Morgan fingerprint density at radius 3 is 2.89 bits per heavy atom. The maximum atomic E-state index is 13.4. The zero-order valence-electron chi connectivity index (χ0n) is 11.8. The Balaban J connectivity index is 2.47. The van der Waals surface area contributed by atoms with Gasteiger partial charge in [0.1, 0.15) is 11.4 Å². The number of hydrogen-bond donors (Lipinski definition) is 1. The Morgan fingerprint density at radius 2 is 2.32 bits per heavy atom. The highest BCUT2D eigenvalue weighted by Gasteiger charge is 2.40. The summed E-state index contributed by atoms with van der Waals surface area (Å²) in [5.41, 5.74) is -1.14. The van der Waals surface area contributed by atoms with Crippen molar-refractivity contribution in [1.29, 1.82) is 0 Å². The fourth-order valence-corrected chi connectivity index (χ4v) is 2.98. The largest absolute Gasteiger partial charge is 0.367 e. The summed E-state index contributed by atoms with van der Waals surface area (Å²) in [6.45, 7) is 6.16. The fourth-order valence-electron chi connectivity index (χ4n) is 2.98. The van der Waals surface area contributed by atoms with E-state index in [-0.39, 0.29) is 5.69 Å². The minimum Gasteiger partial charge on any atom is -0.367 e. The molecule has 4 nitrogen and oxygen atoms in total. The molecule has 1 aromatic heterocycles. The van der Waals surface area contributed by atoms with Gasteiger partial charge in [0.25, 0.3) is 5.56 Å². The second kappa shape index (κ2) is 5.41. The van der Waals surface area contributed by atoms with Crippen molar-refractivity contribution in [3.05, 3.63) is 27.7 Å². The second-order valence-electron chi connectivity index (χ2n) is 5.44. The molecule has 2 unspecified atom stereocenters. The van der Waals surface area contributed by atoms with Crippen molar-refractivity contribution in [3.8, 4) is 0 Å². The van der Waals surface area contributed by atoms with E-state index >= 15 is 0 Å². The normalized spacial score (nSPS) is 27.5. The molecule has 1 saturated carbocycles. The van der Waals surface area contributed by atoms with Crippen LogP contribution in [0.25, 0.3) is 0 Å². The minimum absolute atomic E-state index is 0.135. The van der Waals surface area contributed by atoms with Crippen LogP contribution in [0.15, 0.2) is 4.79 Å². The predicted molar refractivity (Wildman–Crippen MR) is 70.5 cm³/mol. The van der Waals surface area contributed by atoms with Crippen molar-refractivity contribution in [2.75, 3.05) is 6.61 Å².